The van der Waals surface area contributed by atoms with Crippen LogP contribution in [0.15, 0.2) is 0 Å². The molecule has 0 heterocycles. The third kappa shape index (κ3) is 3.21. The van der Waals surface area contributed by atoms with Gasteiger partial charge in [-0.3, -0.25) is 5.41 Å². The van der Waals surface area contributed by atoms with Crippen LogP contribution in [0.3, 0.4) is 0 Å². The number of hydroxylamine groups is 1. The molecule has 0 aromatic heterocycles. The van der Waals surface area contributed by atoms with Crippen molar-refractivity contribution in [3.05, 3.63) is 0 Å². The van der Waals surface area contributed by atoms with Crippen molar-refractivity contribution in [2.24, 2.45) is 0 Å². The smallest absolute Gasteiger partial charge is 0.110 e. The number of nitrogens with one attached hydrogen (secondary N) is 3. The van der Waals surface area contributed by atoms with Gasteiger partial charge in [0.25, 0.3) is 0 Å². The fourth-order valence-corrected chi connectivity index (χ4v) is 0.167. The van der Waals surface area contributed by atoms with E-state index in [4.69, 9.17) is 10.6 Å². The summed E-state index contributed by atoms with van der Waals surface area (Å²) in [4.78, 5) is 0. The second-order valence-corrected chi connectivity index (χ2v) is 1.06. The molecule has 42 valence electrons. The maximum atomic E-state index is 7.94. The first-order chi connectivity index (χ1) is 3.31. The Hall–Kier alpha value is -0.610. The summed E-state index contributed by atoms with van der Waals surface area (Å²) in [6.45, 7) is 0.177. The fraction of sp³-hybridized carbons (Fsp3) is 0.667. The van der Waals surface area contributed by atoms with Crippen molar-refractivity contribution in [1.29, 1.82) is 5.41 Å². The molecule has 0 aliphatic carbocycles. The van der Waals surface area contributed by atoms with Gasteiger partial charge in [0.1, 0.15) is 5.84 Å². The van der Waals surface area contributed by atoms with E-state index in [1.807, 2.05) is 5.48 Å². The number of hydrogen-bond donors (Lipinski definition) is 4. The number of hydrogen-bond acceptors (Lipinski definition) is 3. The van der Waals surface area contributed by atoms with E-state index in [1.54, 1.807) is 7.05 Å². The van der Waals surface area contributed by atoms with Crippen LogP contribution in [-0.2, 0) is 0 Å². The van der Waals surface area contributed by atoms with Gasteiger partial charge in [0.2, 0.25) is 0 Å². The Morgan fingerprint density at radius 2 is 2.43 bits per heavy atom. The summed E-state index contributed by atoms with van der Waals surface area (Å²) in [5, 5.41) is 17.3. The predicted molar refractivity (Wildman–Crippen MR) is 26.6 cm³/mol. The van der Waals surface area contributed by atoms with Crippen LogP contribution in [0.1, 0.15) is 0 Å². The summed E-state index contributed by atoms with van der Waals surface area (Å²) in [6.07, 6.45) is 0. The standard InChI is InChI=1S/C3H9N3O/c1-5-3(4)2-6-7/h6-7H,2H2,1H3,(H2,4,5). The van der Waals surface area contributed by atoms with Crippen molar-refractivity contribution in [3.8, 4) is 0 Å². The maximum Gasteiger partial charge on any atom is 0.110 e. The average molecular weight is 103 g/mol. The summed E-state index contributed by atoms with van der Waals surface area (Å²) in [7, 11) is 1.62. The van der Waals surface area contributed by atoms with Crippen LogP contribution in [0.4, 0.5) is 0 Å². The van der Waals surface area contributed by atoms with Crippen molar-refractivity contribution >= 4 is 5.84 Å². The third-order valence-corrected chi connectivity index (χ3v) is 0.558. The second kappa shape index (κ2) is 3.58. The Bertz CT molecular complexity index is 63.2. The van der Waals surface area contributed by atoms with Crippen molar-refractivity contribution in [2.45, 2.75) is 0 Å². The van der Waals surface area contributed by atoms with Crippen molar-refractivity contribution in [1.82, 2.24) is 10.8 Å². The normalized spacial score (nSPS) is 8.29. The molecule has 7 heavy (non-hydrogen) atoms. The molecule has 0 bridgehead atoms. The highest BCUT2D eigenvalue weighted by Gasteiger charge is 1.84. The van der Waals surface area contributed by atoms with Gasteiger partial charge < -0.3 is 10.5 Å². The lowest BCUT2D eigenvalue weighted by atomic mass is 10.6. The lowest BCUT2D eigenvalue weighted by Gasteiger charge is -1.96. The SMILES string of the molecule is CNC(=N)CNO. The van der Waals surface area contributed by atoms with Crippen LogP contribution in [0.2, 0.25) is 0 Å². The summed E-state index contributed by atoms with van der Waals surface area (Å²) < 4.78 is 0. The van der Waals surface area contributed by atoms with Gasteiger partial charge in [-0.25, -0.2) is 0 Å². The van der Waals surface area contributed by atoms with E-state index in [2.05, 4.69) is 5.32 Å². The van der Waals surface area contributed by atoms with E-state index >= 15 is 0 Å². The van der Waals surface area contributed by atoms with E-state index in [1.165, 1.54) is 0 Å². The highest BCUT2D eigenvalue weighted by Crippen LogP contribution is 1.54. The minimum atomic E-state index is 0.177. The quantitative estimate of drug-likeness (QED) is 0.209. The monoisotopic (exact) mass is 103 g/mol. The Labute approximate surface area is 42.0 Å². The number of likely N-dealkylation sites (N-methyl/N-ethyl adjacent to an activating group) is 1. The number of rotatable bonds is 2. The lowest BCUT2D eigenvalue weighted by Crippen LogP contribution is -2.28. The third-order valence-electron chi connectivity index (χ3n) is 0.558. The van der Waals surface area contributed by atoms with Crippen LogP contribution in [0.5, 0.6) is 0 Å². The molecule has 4 nitrogen and oxygen atoms in total. The highest BCUT2D eigenvalue weighted by atomic mass is 16.5. The van der Waals surface area contributed by atoms with Gasteiger partial charge in [-0.1, -0.05) is 0 Å². The Balaban J connectivity index is 3.00. The first kappa shape index (κ1) is 6.39. The zero-order chi connectivity index (χ0) is 5.70. The molecule has 0 amide bonds. The first-order valence-electron chi connectivity index (χ1n) is 1.93. The van der Waals surface area contributed by atoms with E-state index in [9.17, 15) is 0 Å². The molecular weight excluding hydrogens is 94.1 g/mol. The molecule has 0 radical (unpaired) electrons. The number of amidine groups is 1. The van der Waals surface area contributed by atoms with Gasteiger partial charge in [0.05, 0.1) is 6.54 Å². The Kier molecular flexibility index (Phi) is 3.26. The molecule has 0 rings (SSSR count). The van der Waals surface area contributed by atoms with E-state index < -0.39 is 0 Å². The molecule has 4 N–H and O–H groups in total. The van der Waals surface area contributed by atoms with Crippen LogP contribution >= 0.6 is 0 Å². The minimum absolute atomic E-state index is 0.177. The zero-order valence-electron chi connectivity index (χ0n) is 4.15. The topological polar surface area (TPSA) is 68.1 Å². The predicted octanol–water partition coefficient (Wildman–Crippen LogP) is -0.838. The molecule has 0 atom stereocenters. The van der Waals surface area contributed by atoms with Gasteiger partial charge in [0, 0.05) is 7.05 Å². The Morgan fingerprint density at radius 3 is 2.57 bits per heavy atom. The fourth-order valence-electron chi connectivity index (χ4n) is 0.167. The van der Waals surface area contributed by atoms with E-state index in [0.717, 1.165) is 0 Å². The van der Waals surface area contributed by atoms with E-state index in [0.29, 0.717) is 0 Å². The zero-order valence-corrected chi connectivity index (χ0v) is 4.15. The van der Waals surface area contributed by atoms with Crippen LogP contribution in [0.25, 0.3) is 0 Å². The van der Waals surface area contributed by atoms with Crippen molar-refractivity contribution in [2.75, 3.05) is 13.6 Å². The maximum absolute atomic E-state index is 7.94. The molecule has 4 heteroatoms. The molecule has 0 aliphatic rings. The van der Waals surface area contributed by atoms with E-state index in [-0.39, 0.29) is 12.4 Å². The molecular formula is C3H9N3O. The molecule has 0 aromatic carbocycles. The van der Waals surface area contributed by atoms with Crippen molar-refractivity contribution < 1.29 is 5.21 Å². The molecule has 0 fully saturated rings. The van der Waals surface area contributed by atoms with Crippen LogP contribution in [0, 0.1) is 5.41 Å². The van der Waals surface area contributed by atoms with Gasteiger partial charge in [-0.05, 0) is 0 Å². The molecule has 0 unspecified atom stereocenters. The summed E-state index contributed by atoms with van der Waals surface area (Å²) in [5.74, 6) is 0.266. The lowest BCUT2D eigenvalue weighted by molar-refractivity contribution is 0.183. The highest BCUT2D eigenvalue weighted by molar-refractivity contribution is 5.80. The minimum Gasteiger partial charge on any atom is -0.376 e. The van der Waals surface area contributed by atoms with Gasteiger partial charge in [0.15, 0.2) is 0 Å². The average Bonchev–Trinajstić information content (AvgIpc) is 1.68. The van der Waals surface area contributed by atoms with Gasteiger partial charge in [-0.15, -0.1) is 0 Å². The van der Waals surface area contributed by atoms with Crippen LogP contribution in [-0.4, -0.2) is 24.6 Å². The van der Waals surface area contributed by atoms with Gasteiger partial charge >= 0.3 is 0 Å². The summed E-state index contributed by atoms with van der Waals surface area (Å²) in [6, 6.07) is 0. The first-order valence-corrected chi connectivity index (χ1v) is 1.93. The molecule has 0 saturated carbocycles. The van der Waals surface area contributed by atoms with Crippen molar-refractivity contribution in [3.63, 3.8) is 0 Å². The second-order valence-electron chi connectivity index (χ2n) is 1.06. The molecule has 0 spiro atoms. The van der Waals surface area contributed by atoms with Gasteiger partial charge in [-0.2, -0.15) is 5.48 Å². The molecule has 0 saturated heterocycles. The van der Waals surface area contributed by atoms with Crippen LogP contribution < -0.4 is 10.8 Å². The summed E-state index contributed by atoms with van der Waals surface area (Å²) >= 11 is 0. The largest absolute Gasteiger partial charge is 0.376 e. The molecule has 0 aliphatic heterocycles. The Morgan fingerprint density at radius 1 is 1.86 bits per heavy atom. The molecule has 0 aromatic rings. The summed E-state index contributed by atoms with van der Waals surface area (Å²) in [5.41, 5.74) is 1.83.